The molecule has 0 bridgehead atoms. The van der Waals surface area contributed by atoms with Gasteiger partial charge in [-0.2, -0.15) is 0 Å². The quantitative estimate of drug-likeness (QED) is 0.467. The zero-order chi connectivity index (χ0) is 24.1. The number of ether oxygens (including phenoxy) is 1. The predicted molar refractivity (Wildman–Crippen MR) is 123 cm³/mol. The Morgan fingerprint density at radius 1 is 1.09 bits per heavy atom. The highest BCUT2D eigenvalue weighted by molar-refractivity contribution is 5.70. The Labute approximate surface area is 198 Å². The highest BCUT2D eigenvalue weighted by atomic mass is 16.6. The number of amides is 1. The highest BCUT2D eigenvalue weighted by Crippen LogP contribution is 2.28. The number of carbonyl (C=O) groups is 2. The lowest BCUT2D eigenvalue weighted by Crippen LogP contribution is -2.54. The van der Waals surface area contributed by atoms with Gasteiger partial charge >= 0.3 is 17.8 Å². The molecule has 1 amide bonds. The van der Waals surface area contributed by atoms with E-state index in [9.17, 15) is 14.4 Å². The maximum atomic E-state index is 12.3. The molecular weight excluding hydrogens is 444 g/mol. The Balaban J connectivity index is 1.17. The van der Waals surface area contributed by atoms with Gasteiger partial charge in [0, 0.05) is 52.9 Å². The Hall–Kier alpha value is -2.60. The second-order valence-corrected chi connectivity index (χ2v) is 9.61. The van der Waals surface area contributed by atoms with Crippen LogP contribution in [0.1, 0.15) is 44.9 Å². The molecule has 3 fully saturated rings. The molecule has 3 saturated heterocycles. The molecule has 34 heavy (non-hydrogen) atoms. The first-order valence-corrected chi connectivity index (χ1v) is 12.3. The standard InChI is InChI=1S/C22H36N6O6/c1-25-17(19(33-22(25)32)27-14-12-26(13-15-27)9-8-18(29)30)5-3-2-4-16-6-10-28(11-7-16)20-23-21(31)34-24-20/h16-17,19H,2-15H2,1H3,(H,29,30)(H,23,24,31). The number of rotatable bonds is 10. The van der Waals surface area contributed by atoms with Crippen LogP contribution < -0.4 is 10.7 Å². The summed E-state index contributed by atoms with van der Waals surface area (Å²) in [6.07, 6.45) is 6.00. The van der Waals surface area contributed by atoms with Crippen LogP contribution in [-0.4, -0.2) is 107 Å². The lowest BCUT2D eigenvalue weighted by molar-refractivity contribution is -0.137. The molecule has 0 saturated carbocycles. The van der Waals surface area contributed by atoms with E-state index in [1.54, 1.807) is 4.90 Å². The number of nitrogens with zero attached hydrogens (tertiary/aromatic N) is 5. The minimum Gasteiger partial charge on any atom is -0.481 e. The average molecular weight is 481 g/mol. The van der Waals surface area contributed by atoms with E-state index in [0.717, 1.165) is 77.8 Å². The molecule has 3 aliphatic heterocycles. The number of piperazine rings is 1. The van der Waals surface area contributed by atoms with Crippen LogP contribution in [-0.2, 0) is 9.53 Å². The van der Waals surface area contributed by atoms with E-state index in [2.05, 4.69) is 29.4 Å². The van der Waals surface area contributed by atoms with Crippen LogP contribution in [0.25, 0.3) is 0 Å². The normalized spacial score (nSPS) is 25.1. The SMILES string of the molecule is CN1C(=O)OC(N2CCN(CCC(=O)O)CC2)C1CCCCC1CCN(c2noc(=O)[nH]2)CC1. The van der Waals surface area contributed by atoms with Crippen molar-refractivity contribution in [3.8, 4) is 0 Å². The number of H-pyrrole nitrogens is 1. The number of aromatic nitrogens is 2. The molecule has 12 nitrogen and oxygen atoms in total. The number of nitrogens with one attached hydrogen (secondary N) is 1. The van der Waals surface area contributed by atoms with Gasteiger partial charge in [-0.1, -0.05) is 19.3 Å². The minimum atomic E-state index is -0.772. The Morgan fingerprint density at radius 3 is 2.44 bits per heavy atom. The van der Waals surface area contributed by atoms with Gasteiger partial charge < -0.3 is 24.5 Å². The topological polar surface area (TPSA) is 135 Å². The first-order valence-electron chi connectivity index (χ1n) is 12.3. The molecule has 4 heterocycles. The van der Waals surface area contributed by atoms with Crippen molar-refractivity contribution in [2.45, 2.75) is 57.2 Å². The van der Waals surface area contributed by atoms with Crippen molar-refractivity contribution < 1.29 is 24.0 Å². The summed E-state index contributed by atoms with van der Waals surface area (Å²) >= 11 is 0. The molecule has 0 aliphatic carbocycles. The molecule has 2 atom stereocenters. The van der Waals surface area contributed by atoms with E-state index >= 15 is 0 Å². The van der Waals surface area contributed by atoms with Crippen molar-refractivity contribution >= 4 is 18.0 Å². The fraction of sp³-hybridized carbons (Fsp3) is 0.818. The van der Waals surface area contributed by atoms with E-state index in [-0.39, 0.29) is 24.8 Å². The van der Waals surface area contributed by atoms with Crippen LogP contribution in [0.5, 0.6) is 0 Å². The second-order valence-electron chi connectivity index (χ2n) is 9.61. The maximum Gasteiger partial charge on any atom is 0.440 e. The summed E-state index contributed by atoms with van der Waals surface area (Å²) in [6, 6.07) is 0.0453. The minimum absolute atomic E-state index is 0.0453. The van der Waals surface area contributed by atoms with E-state index in [1.807, 2.05) is 7.05 Å². The van der Waals surface area contributed by atoms with E-state index in [0.29, 0.717) is 18.4 Å². The zero-order valence-electron chi connectivity index (χ0n) is 19.9. The van der Waals surface area contributed by atoms with E-state index in [4.69, 9.17) is 9.84 Å². The van der Waals surface area contributed by atoms with Crippen molar-refractivity contribution in [1.82, 2.24) is 24.8 Å². The monoisotopic (exact) mass is 480 g/mol. The van der Waals surface area contributed by atoms with E-state index in [1.165, 1.54) is 0 Å². The molecule has 2 N–H and O–H groups in total. The van der Waals surface area contributed by atoms with Gasteiger partial charge in [0.1, 0.15) is 0 Å². The second kappa shape index (κ2) is 11.2. The number of unbranched alkanes of at least 4 members (excludes halogenated alkanes) is 1. The first kappa shape index (κ1) is 24.5. The number of likely N-dealkylation sites (N-methyl/N-ethyl adjacent to an activating group) is 1. The number of piperidine rings is 1. The summed E-state index contributed by atoms with van der Waals surface area (Å²) in [5.41, 5.74) is 0. The largest absolute Gasteiger partial charge is 0.481 e. The number of carboxylic acids is 1. The van der Waals surface area contributed by atoms with Crippen molar-refractivity contribution in [3.63, 3.8) is 0 Å². The molecule has 0 radical (unpaired) electrons. The lowest BCUT2D eigenvalue weighted by Gasteiger charge is -2.38. The molecule has 12 heteroatoms. The fourth-order valence-electron chi connectivity index (χ4n) is 5.32. The molecule has 1 aromatic rings. The number of hydrogen-bond donors (Lipinski definition) is 2. The zero-order valence-corrected chi connectivity index (χ0v) is 19.9. The van der Waals surface area contributed by atoms with E-state index < -0.39 is 11.7 Å². The van der Waals surface area contributed by atoms with Gasteiger partial charge in [0.2, 0.25) is 5.95 Å². The average Bonchev–Trinajstić information content (AvgIpc) is 3.39. The van der Waals surface area contributed by atoms with Gasteiger partial charge in [0.15, 0.2) is 6.23 Å². The van der Waals surface area contributed by atoms with Gasteiger partial charge in [-0.15, -0.1) is 0 Å². The number of aliphatic carboxylic acids is 1. The van der Waals surface area contributed by atoms with Gasteiger partial charge in [-0.3, -0.25) is 19.2 Å². The smallest absolute Gasteiger partial charge is 0.440 e. The molecular formula is C22H36N6O6. The summed E-state index contributed by atoms with van der Waals surface area (Å²) < 4.78 is 10.3. The van der Waals surface area contributed by atoms with Crippen molar-refractivity contribution in [1.29, 1.82) is 0 Å². The first-order chi connectivity index (χ1) is 16.4. The van der Waals surface area contributed by atoms with Crippen molar-refractivity contribution in [2.24, 2.45) is 5.92 Å². The number of hydrogen-bond acceptors (Lipinski definition) is 9. The van der Waals surface area contributed by atoms with Crippen LogP contribution in [0.3, 0.4) is 0 Å². The van der Waals surface area contributed by atoms with Crippen LogP contribution in [0.2, 0.25) is 0 Å². The molecule has 190 valence electrons. The van der Waals surface area contributed by atoms with Gasteiger partial charge in [-0.25, -0.2) is 9.59 Å². The molecule has 2 unspecified atom stereocenters. The number of aromatic amines is 1. The van der Waals surface area contributed by atoms with Crippen LogP contribution in [0.15, 0.2) is 9.32 Å². The highest BCUT2D eigenvalue weighted by Gasteiger charge is 2.43. The maximum absolute atomic E-state index is 12.3. The lowest BCUT2D eigenvalue weighted by atomic mass is 9.91. The number of carbonyl (C=O) groups excluding carboxylic acids is 1. The van der Waals surface area contributed by atoms with Gasteiger partial charge in [0.05, 0.1) is 12.5 Å². The Bertz CT molecular complexity index is 873. The summed E-state index contributed by atoms with van der Waals surface area (Å²) in [5.74, 6) is -0.115. The summed E-state index contributed by atoms with van der Waals surface area (Å²) in [4.78, 5) is 45.0. The third-order valence-corrected chi connectivity index (χ3v) is 7.45. The summed E-state index contributed by atoms with van der Waals surface area (Å²) in [5, 5.41) is 12.7. The van der Waals surface area contributed by atoms with Gasteiger partial charge in [-0.05, 0) is 30.3 Å². The van der Waals surface area contributed by atoms with Crippen molar-refractivity contribution in [2.75, 3.05) is 57.8 Å². The number of cyclic esters (lactones) is 1. The van der Waals surface area contributed by atoms with Crippen LogP contribution in [0, 0.1) is 5.92 Å². The number of anilines is 1. The number of carboxylic acid groups (broad SMARTS) is 1. The third kappa shape index (κ3) is 6.09. The van der Waals surface area contributed by atoms with Gasteiger partial charge in [0.25, 0.3) is 0 Å². The van der Waals surface area contributed by atoms with Crippen LogP contribution in [0.4, 0.5) is 10.7 Å². The molecule has 4 rings (SSSR count). The Kier molecular flexibility index (Phi) is 8.09. The molecule has 0 aromatic carbocycles. The Morgan fingerprint density at radius 2 is 1.79 bits per heavy atom. The fourth-order valence-corrected chi connectivity index (χ4v) is 5.32. The molecule has 0 spiro atoms. The summed E-state index contributed by atoms with van der Waals surface area (Å²) in [7, 11) is 1.82. The predicted octanol–water partition coefficient (Wildman–Crippen LogP) is 1.01. The third-order valence-electron chi connectivity index (χ3n) is 7.45. The molecule has 1 aromatic heterocycles. The molecule has 3 aliphatic rings. The van der Waals surface area contributed by atoms with Crippen molar-refractivity contribution in [3.05, 3.63) is 10.6 Å². The van der Waals surface area contributed by atoms with Crippen LogP contribution >= 0.6 is 0 Å². The summed E-state index contributed by atoms with van der Waals surface area (Å²) in [6.45, 7) is 5.42.